The summed E-state index contributed by atoms with van der Waals surface area (Å²) in [4.78, 5) is 10.5. The first-order valence-electron chi connectivity index (χ1n) is 16.4. The van der Waals surface area contributed by atoms with E-state index in [1.165, 1.54) is 89.5 Å². The lowest BCUT2D eigenvalue weighted by Gasteiger charge is -2.12. The van der Waals surface area contributed by atoms with Gasteiger partial charge in [0.05, 0.1) is 22.8 Å². The van der Waals surface area contributed by atoms with Crippen molar-refractivity contribution in [3.8, 4) is 11.5 Å². The molecule has 246 valence electrons. The SMILES string of the molecule is CCCCCCCCCCCCCCCCCCOc1cc(/N=N/c2ccc(C(F)(F)F)cc2[N+](=O)[O-])c2ccccc2c1O. The zero-order chi connectivity index (χ0) is 32.5. The second-order valence-electron chi connectivity index (χ2n) is 11.6. The first-order valence-corrected chi connectivity index (χ1v) is 16.4. The Kier molecular flexibility index (Phi) is 15.1. The van der Waals surface area contributed by atoms with Gasteiger partial charge in [0.1, 0.15) is 0 Å². The van der Waals surface area contributed by atoms with Gasteiger partial charge < -0.3 is 9.84 Å². The van der Waals surface area contributed by atoms with E-state index in [2.05, 4.69) is 17.2 Å². The lowest BCUT2D eigenvalue weighted by Crippen LogP contribution is -2.05. The number of ether oxygens (including phenoxy) is 1. The molecule has 0 aliphatic rings. The standard InChI is InChI=1S/C35H46F3N3O4/c1-2-3-4-5-6-7-8-9-10-11-12-13-14-15-16-19-24-45-33-26-31(28-20-17-18-21-29(28)34(33)42)40-39-30-23-22-27(35(36,37)38)25-32(30)41(43)44/h17-18,20-23,25-26,42H,2-16,19,24H2,1H3/b40-39+. The van der Waals surface area contributed by atoms with Gasteiger partial charge in [0.25, 0.3) is 5.69 Å². The molecule has 0 fully saturated rings. The number of benzene rings is 3. The average molecular weight is 630 g/mol. The third-order valence-corrected chi connectivity index (χ3v) is 7.98. The van der Waals surface area contributed by atoms with E-state index in [4.69, 9.17) is 4.74 Å². The van der Waals surface area contributed by atoms with Crippen molar-refractivity contribution in [3.05, 3.63) is 64.2 Å². The van der Waals surface area contributed by atoms with Crippen molar-refractivity contribution >= 4 is 27.8 Å². The van der Waals surface area contributed by atoms with E-state index in [9.17, 15) is 28.4 Å². The molecule has 10 heteroatoms. The Hall–Kier alpha value is -3.69. The number of halogens is 3. The summed E-state index contributed by atoms with van der Waals surface area (Å²) in [5.41, 5.74) is -2.01. The van der Waals surface area contributed by atoms with Crippen LogP contribution in [0.3, 0.4) is 0 Å². The van der Waals surface area contributed by atoms with Gasteiger partial charge >= 0.3 is 6.18 Å². The molecular weight excluding hydrogens is 583 g/mol. The number of nitrogens with zero attached hydrogens (tertiary/aromatic N) is 3. The minimum absolute atomic E-state index is 0.0541. The minimum Gasteiger partial charge on any atom is -0.504 e. The van der Waals surface area contributed by atoms with Crippen molar-refractivity contribution in [1.29, 1.82) is 0 Å². The molecule has 3 rings (SSSR count). The van der Waals surface area contributed by atoms with Gasteiger partial charge in [-0.2, -0.15) is 13.2 Å². The summed E-state index contributed by atoms with van der Waals surface area (Å²) >= 11 is 0. The van der Waals surface area contributed by atoms with E-state index in [-0.39, 0.29) is 22.9 Å². The predicted octanol–water partition coefficient (Wildman–Crippen LogP) is 12.5. The molecule has 0 unspecified atom stereocenters. The number of fused-ring (bicyclic) bond motifs is 1. The van der Waals surface area contributed by atoms with E-state index in [1.54, 1.807) is 24.3 Å². The van der Waals surface area contributed by atoms with E-state index >= 15 is 0 Å². The molecule has 0 heterocycles. The van der Waals surface area contributed by atoms with Crippen molar-refractivity contribution in [3.63, 3.8) is 0 Å². The molecule has 7 nitrogen and oxygen atoms in total. The highest BCUT2D eigenvalue weighted by Gasteiger charge is 2.33. The number of phenols is 1. The summed E-state index contributed by atoms with van der Waals surface area (Å²) in [6.45, 7) is 2.65. The molecule has 0 bridgehead atoms. The Morgan fingerprint density at radius 3 is 1.78 bits per heavy atom. The fourth-order valence-corrected chi connectivity index (χ4v) is 5.38. The second-order valence-corrected chi connectivity index (χ2v) is 11.6. The number of rotatable bonds is 21. The van der Waals surface area contributed by atoms with Gasteiger partial charge in [0, 0.05) is 22.9 Å². The van der Waals surface area contributed by atoms with E-state index in [1.807, 2.05) is 0 Å². The minimum atomic E-state index is -4.73. The maximum atomic E-state index is 13.1. The van der Waals surface area contributed by atoms with Gasteiger partial charge in [-0.05, 0) is 18.6 Å². The van der Waals surface area contributed by atoms with Gasteiger partial charge in [-0.3, -0.25) is 10.1 Å². The summed E-state index contributed by atoms with van der Waals surface area (Å²) in [6.07, 6.45) is 15.5. The Bertz CT molecular complexity index is 1380. The van der Waals surface area contributed by atoms with Crippen LogP contribution >= 0.6 is 0 Å². The van der Waals surface area contributed by atoms with Gasteiger partial charge in [0.15, 0.2) is 17.2 Å². The molecule has 0 spiro atoms. The molecule has 0 saturated heterocycles. The average Bonchev–Trinajstić information content (AvgIpc) is 3.02. The van der Waals surface area contributed by atoms with Crippen molar-refractivity contribution in [2.75, 3.05) is 6.61 Å². The molecule has 3 aromatic carbocycles. The molecule has 0 saturated carbocycles. The molecule has 0 radical (unpaired) electrons. The van der Waals surface area contributed by atoms with Gasteiger partial charge in [-0.1, -0.05) is 128 Å². The first kappa shape index (κ1) is 35.8. The van der Waals surface area contributed by atoms with Crippen LogP contribution in [0.4, 0.5) is 30.2 Å². The lowest BCUT2D eigenvalue weighted by atomic mass is 10.0. The number of aromatic hydroxyl groups is 1. The van der Waals surface area contributed by atoms with Crippen LogP contribution in [0.15, 0.2) is 58.8 Å². The first-order chi connectivity index (χ1) is 21.7. The van der Waals surface area contributed by atoms with Crippen molar-refractivity contribution in [2.45, 2.75) is 116 Å². The highest BCUT2D eigenvalue weighted by molar-refractivity contribution is 5.98. The number of alkyl halides is 3. The summed E-state index contributed by atoms with van der Waals surface area (Å²) in [5.74, 6) is 0.145. The molecule has 0 aromatic heterocycles. The van der Waals surface area contributed by atoms with E-state index in [0.717, 1.165) is 31.4 Å². The number of nitro groups is 1. The quantitative estimate of drug-likeness (QED) is 0.0548. The highest BCUT2D eigenvalue weighted by Crippen LogP contribution is 2.42. The Morgan fingerprint density at radius 1 is 0.733 bits per heavy atom. The largest absolute Gasteiger partial charge is 0.504 e. The zero-order valence-electron chi connectivity index (χ0n) is 26.3. The van der Waals surface area contributed by atoms with Crippen LogP contribution in [0, 0.1) is 10.1 Å². The number of hydrogen-bond acceptors (Lipinski definition) is 6. The molecular formula is C35H46F3N3O4. The van der Waals surface area contributed by atoms with Crippen LogP contribution in [-0.4, -0.2) is 16.6 Å². The highest BCUT2D eigenvalue weighted by atomic mass is 19.4. The van der Waals surface area contributed by atoms with Crippen LogP contribution in [0.25, 0.3) is 10.8 Å². The lowest BCUT2D eigenvalue weighted by molar-refractivity contribution is -0.384. The Labute approximate surface area is 264 Å². The monoisotopic (exact) mass is 629 g/mol. The van der Waals surface area contributed by atoms with Crippen LogP contribution in [0.1, 0.15) is 115 Å². The third kappa shape index (κ3) is 12.0. The summed E-state index contributed by atoms with van der Waals surface area (Å²) in [7, 11) is 0. The van der Waals surface area contributed by atoms with Crippen LogP contribution in [0.5, 0.6) is 11.5 Å². The summed E-state index contributed by atoms with van der Waals surface area (Å²) in [6, 6.07) is 10.4. The van der Waals surface area contributed by atoms with Crippen LogP contribution in [-0.2, 0) is 6.18 Å². The van der Waals surface area contributed by atoms with Crippen LogP contribution in [0.2, 0.25) is 0 Å². The molecule has 0 aliphatic carbocycles. The molecule has 0 atom stereocenters. The normalized spacial score (nSPS) is 11.9. The third-order valence-electron chi connectivity index (χ3n) is 7.98. The number of hydrogen-bond donors (Lipinski definition) is 1. The summed E-state index contributed by atoms with van der Waals surface area (Å²) in [5, 5.41) is 31.3. The number of unbranched alkanes of at least 4 members (excludes halogenated alkanes) is 15. The van der Waals surface area contributed by atoms with E-state index < -0.39 is 22.4 Å². The fourth-order valence-electron chi connectivity index (χ4n) is 5.38. The molecule has 45 heavy (non-hydrogen) atoms. The number of phenolic OH excluding ortho intramolecular Hbond substituents is 1. The summed E-state index contributed by atoms with van der Waals surface area (Å²) < 4.78 is 45.1. The Morgan fingerprint density at radius 2 is 1.24 bits per heavy atom. The van der Waals surface area contributed by atoms with Crippen molar-refractivity contribution < 1.29 is 27.9 Å². The van der Waals surface area contributed by atoms with Crippen molar-refractivity contribution in [2.24, 2.45) is 10.2 Å². The molecule has 0 amide bonds. The number of nitro benzene ring substituents is 1. The predicted molar refractivity (Wildman–Crippen MR) is 173 cm³/mol. The maximum absolute atomic E-state index is 13.1. The topological polar surface area (TPSA) is 97.3 Å². The molecule has 1 N–H and O–H groups in total. The number of azo groups is 1. The van der Waals surface area contributed by atoms with Gasteiger partial charge in [-0.25, -0.2) is 0 Å². The van der Waals surface area contributed by atoms with Crippen molar-refractivity contribution in [1.82, 2.24) is 0 Å². The second kappa shape index (κ2) is 19.0. The smallest absolute Gasteiger partial charge is 0.416 e. The van der Waals surface area contributed by atoms with Gasteiger partial charge in [0.2, 0.25) is 0 Å². The molecule has 3 aromatic rings. The zero-order valence-corrected chi connectivity index (χ0v) is 26.3. The molecule has 0 aliphatic heterocycles. The van der Waals surface area contributed by atoms with Gasteiger partial charge in [-0.15, -0.1) is 10.2 Å². The Balaban J connectivity index is 1.46. The maximum Gasteiger partial charge on any atom is 0.416 e. The van der Waals surface area contributed by atoms with Crippen LogP contribution < -0.4 is 4.74 Å². The van der Waals surface area contributed by atoms with E-state index in [0.29, 0.717) is 23.4 Å². The fraction of sp³-hybridized carbons (Fsp3) is 0.543.